The first kappa shape index (κ1) is 14.2. The van der Waals surface area contributed by atoms with Crippen molar-refractivity contribution in [3.05, 3.63) is 0 Å². The van der Waals surface area contributed by atoms with Crippen LogP contribution in [-0.2, 0) is 18.4 Å². The molecule has 0 aromatic carbocycles. The van der Waals surface area contributed by atoms with Gasteiger partial charge in [0.05, 0.1) is 6.04 Å². The third-order valence-electron chi connectivity index (χ3n) is 2.78. The highest BCUT2D eigenvalue weighted by atomic mass is 31.2. The molecule has 8 heteroatoms. The van der Waals surface area contributed by atoms with Gasteiger partial charge in [-0.3, -0.25) is 14.3 Å². The highest BCUT2D eigenvalue weighted by Gasteiger charge is 2.37. The van der Waals surface area contributed by atoms with E-state index in [1.807, 2.05) is 0 Å². The van der Waals surface area contributed by atoms with Crippen LogP contribution in [0.2, 0.25) is 0 Å². The Balaban J connectivity index is 2.70. The van der Waals surface area contributed by atoms with Gasteiger partial charge in [0.25, 0.3) is 0 Å². The second-order valence-corrected chi connectivity index (χ2v) is 6.00. The van der Waals surface area contributed by atoms with Gasteiger partial charge in [-0.2, -0.15) is 0 Å². The van der Waals surface area contributed by atoms with Crippen molar-refractivity contribution in [3.8, 4) is 0 Å². The van der Waals surface area contributed by atoms with Gasteiger partial charge in [0.15, 0.2) is 5.78 Å². The van der Waals surface area contributed by atoms with Gasteiger partial charge in [-0.25, -0.2) is 4.79 Å². The molecule has 0 bridgehead atoms. The largest absolute Gasteiger partial charge is 0.465 e. The predicted molar refractivity (Wildman–Crippen MR) is 59.3 cm³/mol. The molecule has 0 aromatic rings. The quantitative estimate of drug-likeness (QED) is 0.750. The number of hydrogen-bond acceptors (Lipinski definition) is 5. The molecule has 1 aliphatic heterocycles. The Bertz CT molecular complexity index is 349. The maximum absolute atomic E-state index is 11.9. The molecule has 1 unspecified atom stereocenters. The topological polar surface area (TPSA) is 93.1 Å². The normalized spacial score (nSPS) is 20.6. The molecular weight excluding hydrogens is 249 g/mol. The summed E-state index contributed by atoms with van der Waals surface area (Å²) in [4.78, 5) is 23.8. The molecule has 98 valence electrons. The predicted octanol–water partition coefficient (Wildman–Crippen LogP) is 1.18. The molecule has 0 aromatic heterocycles. The molecule has 1 heterocycles. The van der Waals surface area contributed by atoms with Crippen LogP contribution >= 0.6 is 7.60 Å². The third-order valence-corrected chi connectivity index (χ3v) is 4.59. The fourth-order valence-corrected chi connectivity index (χ4v) is 2.83. The van der Waals surface area contributed by atoms with Crippen molar-refractivity contribution in [2.24, 2.45) is 0 Å². The lowest BCUT2D eigenvalue weighted by molar-refractivity contribution is -0.120. The molecule has 0 spiro atoms. The summed E-state index contributed by atoms with van der Waals surface area (Å²) < 4.78 is 21.1. The first-order valence-corrected chi connectivity index (χ1v) is 6.89. The molecule has 1 atom stereocenters. The lowest BCUT2D eigenvalue weighted by Gasteiger charge is -2.21. The fourth-order valence-electron chi connectivity index (χ4n) is 1.83. The number of ketones is 1. The summed E-state index contributed by atoms with van der Waals surface area (Å²) in [5, 5.41) is 8.89. The summed E-state index contributed by atoms with van der Waals surface area (Å²) in [6, 6.07) is -0.730. The molecule has 1 aliphatic rings. The first-order chi connectivity index (χ1) is 7.93. The van der Waals surface area contributed by atoms with Crippen molar-refractivity contribution in [2.75, 3.05) is 26.9 Å². The average Bonchev–Trinajstić information content (AvgIpc) is 2.77. The molecule has 0 radical (unpaired) electrons. The van der Waals surface area contributed by atoms with Crippen LogP contribution in [-0.4, -0.2) is 54.9 Å². The van der Waals surface area contributed by atoms with Crippen LogP contribution in [0.3, 0.4) is 0 Å². The molecule has 1 amide bonds. The van der Waals surface area contributed by atoms with E-state index in [1.54, 1.807) is 0 Å². The number of carbonyl (C=O) groups excluding carboxylic acids is 1. The average molecular weight is 265 g/mol. The second-order valence-electron chi connectivity index (χ2n) is 3.73. The molecule has 7 nitrogen and oxygen atoms in total. The van der Waals surface area contributed by atoms with E-state index in [1.165, 1.54) is 14.2 Å². The summed E-state index contributed by atoms with van der Waals surface area (Å²) in [7, 11) is -1.02. The number of carbonyl (C=O) groups is 2. The number of rotatable bonds is 5. The van der Waals surface area contributed by atoms with Gasteiger partial charge in [0.1, 0.15) is 6.16 Å². The lowest BCUT2D eigenvalue weighted by Crippen LogP contribution is -2.40. The maximum Gasteiger partial charge on any atom is 0.407 e. The molecule has 1 fully saturated rings. The van der Waals surface area contributed by atoms with Gasteiger partial charge < -0.3 is 14.2 Å². The van der Waals surface area contributed by atoms with Crippen molar-refractivity contribution < 1.29 is 28.3 Å². The van der Waals surface area contributed by atoms with Crippen molar-refractivity contribution in [1.29, 1.82) is 0 Å². The van der Waals surface area contributed by atoms with E-state index in [4.69, 9.17) is 5.11 Å². The lowest BCUT2D eigenvalue weighted by atomic mass is 10.1. The molecule has 1 rings (SSSR count). The van der Waals surface area contributed by atoms with Gasteiger partial charge in [-0.05, 0) is 12.8 Å². The Labute approximate surface area is 99.2 Å². The zero-order valence-electron chi connectivity index (χ0n) is 9.79. The standard InChI is InChI=1S/C9H16NO6P/c1-15-17(14,16-2)6-8(11)7-4-3-5-10(7)9(12)13/h7H,3-6H2,1-2H3,(H,12,13). The number of hydrogen-bond donors (Lipinski definition) is 1. The van der Waals surface area contributed by atoms with Crippen molar-refractivity contribution in [1.82, 2.24) is 4.90 Å². The summed E-state index contributed by atoms with van der Waals surface area (Å²) in [6.07, 6.45) is -0.439. The zero-order valence-corrected chi connectivity index (χ0v) is 10.7. The van der Waals surface area contributed by atoms with E-state index in [2.05, 4.69) is 9.05 Å². The highest BCUT2D eigenvalue weighted by molar-refractivity contribution is 7.54. The second kappa shape index (κ2) is 5.62. The summed E-state index contributed by atoms with van der Waals surface area (Å²) in [5.74, 6) is -0.420. The van der Waals surface area contributed by atoms with Gasteiger partial charge in [0.2, 0.25) is 0 Å². The summed E-state index contributed by atoms with van der Waals surface area (Å²) >= 11 is 0. The van der Waals surface area contributed by atoms with E-state index in [0.29, 0.717) is 19.4 Å². The monoisotopic (exact) mass is 265 g/mol. The van der Waals surface area contributed by atoms with Crippen LogP contribution in [0.15, 0.2) is 0 Å². The number of nitrogens with zero attached hydrogens (tertiary/aromatic N) is 1. The molecular formula is C9H16NO6P. The van der Waals surface area contributed by atoms with Gasteiger partial charge in [-0.15, -0.1) is 0 Å². The van der Waals surface area contributed by atoms with Crippen LogP contribution in [0, 0.1) is 0 Å². The molecule has 1 N–H and O–H groups in total. The first-order valence-electron chi connectivity index (χ1n) is 5.16. The Morgan fingerprint density at radius 2 is 2.00 bits per heavy atom. The van der Waals surface area contributed by atoms with E-state index < -0.39 is 31.7 Å². The number of Topliss-reactive ketones (excluding diaryl/α,β-unsaturated/α-hetero) is 1. The Kier molecular flexibility index (Phi) is 4.68. The minimum atomic E-state index is -3.42. The van der Waals surface area contributed by atoms with E-state index >= 15 is 0 Å². The number of carboxylic acid groups (broad SMARTS) is 1. The summed E-state index contributed by atoms with van der Waals surface area (Å²) in [6.45, 7) is 0.329. The van der Waals surface area contributed by atoms with Gasteiger partial charge >= 0.3 is 13.7 Å². The Hall–Kier alpha value is -0.910. The van der Waals surface area contributed by atoms with E-state index in [0.717, 1.165) is 4.90 Å². The molecule has 1 saturated heterocycles. The van der Waals surface area contributed by atoms with Gasteiger partial charge in [0, 0.05) is 20.8 Å². The van der Waals surface area contributed by atoms with E-state index in [9.17, 15) is 14.2 Å². The minimum Gasteiger partial charge on any atom is -0.465 e. The van der Waals surface area contributed by atoms with Crippen molar-refractivity contribution in [2.45, 2.75) is 18.9 Å². The summed E-state index contributed by atoms with van der Waals surface area (Å²) in [5.41, 5.74) is 0. The minimum absolute atomic E-state index is 0.329. The van der Waals surface area contributed by atoms with Crippen LogP contribution < -0.4 is 0 Å². The van der Waals surface area contributed by atoms with Crippen LogP contribution in [0.5, 0.6) is 0 Å². The Morgan fingerprint density at radius 3 is 2.47 bits per heavy atom. The van der Waals surface area contributed by atoms with Crippen molar-refractivity contribution in [3.63, 3.8) is 0 Å². The number of likely N-dealkylation sites (tertiary alicyclic amines) is 1. The fraction of sp³-hybridized carbons (Fsp3) is 0.778. The Morgan fingerprint density at radius 1 is 1.41 bits per heavy atom. The molecule has 0 aliphatic carbocycles. The zero-order chi connectivity index (χ0) is 13.1. The van der Waals surface area contributed by atoms with Gasteiger partial charge in [-0.1, -0.05) is 0 Å². The highest BCUT2D eigenvalue weighted by Crippen LogP contribution is 2.46. The van der Waals surface area contributed by atoms with Crippen molar-refractivity contribution >= 4 is 19.5 Å². The maximum atomic E-state index is 11.9. The molecule has 17 heavy (non-hydrogen) atoms. The smallest absolute Gasteiger partial charge is 0.407 e. The van der Waals surface area contributed by atoms with Crippen LogP contribution in [0.25, 0.3) is 0 Å². The number of amides is 1. The van der Waals surface area contributed by atoms with Crippen LogP contribution in [0.4, 0.5) is 4.79 Å². The van der Waals surface area contributed by atoms with E-state index in [-0.39, 0.29) is 0 Å². The SMILES string of the molecule is COP(=O)(CC(=O)C1CCCN1C(=O)O)OC. The van der Waals surface area contributed by atoms with Crippen LogP contribution in [0.1, 0.15) is 12.8 Å². The third kappa shape index (κ3) is 3.28. The molecule has 0 saturated carbocycles.